The Bertz CT molecular complexity index is 1240. The van der Waals surface area contributed by atoms with Crippen molar-refractivity contribution in [3.8, 4) is 0 Å². The number of hydrogen-bond donors (Lipinski definition) is 1. The van der Waals surface area contributed by atoms with E-state index < -0.39 is 21.8 Å². The van der Waals surface area contributed by atoms with Gasteiger partial charge in [-0.1, -0.05) is 60.7 Å². The molecule has 0 aliphatic carbocycles. The maximum atomic E-state index is 13.1. The highest BCUT2D eigenvalue weighted by Gasteiger charge is 2.23. The molecule has 0 aliphatic rings. The highest BCUT2D eigenvalue weighted by atomic mass is 32.2. The summed E-state index contributed by atoms with van der Waals surface area (Å²) in [7, 11) is -2.30. The lowest BCUT2D eigenvalue weighted by Gasteiger charge is -2.20. The largest absolute Gasteiger partial charge is 0.419 e. The molecule has 4 rings (SSSR count). The summed E-state index contributed by atoms with van der Waals surface area (Å²) in [5, 5.41) is 0. The smallest absolute Gasteiger partial charge is 0.408 e. The predicted octanol–water partition coefficient (Wildman–Crippen LogP) is 3.20. The van der Waals surface area contributed by atoms with Crippen LogP contribution in [0.15, 0.2) is 93.0 Å². The molecule has 0 saturated carbocycles. The molecule has 0 saturated heterocycles. The van der Waals surface area contributed by atoms with Crippen LogP contribution in [-0.2, 0) is 17.1 Å². The van der Waals surface area contributed by atoms with E-state index in [1.165, 1.54) is 16.7 Å². The summed E-state index contributed by atoms with van der Waals surface area (Å²) in [6.45, 7) is 0. The lowest BCUT2D eigenvalue weighted by molar-refractivity contribution is 0.527. The average molecular weight is 394 g/mol. The second-order valence-corrected chi connectivity index (χ2v) is 8.15. The van der Waals surface area contributed by atoms with Crippen LogP contribution < -0.4 is 10.5 Å². The van der Waals surface area contributed by atoms with E-state index in [1.807, 2.05) is 60.7 Å². The van der Waals surface area contributed by atoms with Crippen LogP contribution in [0.5, 0.6) is 0 Å². The number of rotatable bonds is 5. The zero-order valence-corrected chi connectivity index (χ0v) is 15.9. The van der Waals surface area contributed by atoms with E-state index in [4.69, 9.17) is 4.42 Å². The molecule has 0 fully saturated rings. The minimum absolute atomic E-state index is 0.0335. The Kier molecular flexibility index (Phi) is 4.62. The predicted molar refractivity (Wildman–Crippen MR) is 107 cm³/mol. The van der Waals surface area contributed by atoms with E-state index in [9.17, 15) is 13.2 Å². The maximum absolute atomic E-state index is 13.1. The first-order valence-electron chi connectivity index (χ1n) is 8.67. The number of fused-ring (bicyclic) bond motifs is 1. The van der Waals surface area contributed by atoms with Gasteiger partial charge in [0.2, 0.25) is 10.0 Å². The number of hydrogen-bond acceptors (Lipinski definition) is 4. The van der Waals surface area contributed by atoms with Crippen molar-refractivity contribution < 1.29 is 12.8 Å². The summed E-state index contributed by atoms with van der Waals surface area (Å²) >= 11 is 0. The van der Waals surface area contributed by atoms with Crippen molar-refractivity contribution >= 4 is 21.1 Å². The Hall–Kier alpha value is -3.16. The Balaban J connectivity index is 1.76. The Morgan fingerprint density at radius 1 is 0.893 bits per heavy atom. The first kappa shape index (κ1) is 18.2. The lowest BCUT2D eigenvalue weighted by atomic mass is 10.00. The number of aromatic nitrogens is 1. The zero-order valence-electron chi connectivity index (χ0n) is 15.1. The Morgan fingerprint density at radius 2 is 1.46 bits per heavy atom. The molecule has 4 aromatic rings. The molecule has 28 heavy (non-hydrogen) atoms. The zero-order chi connectivity index (χ0) is 19.7. The molecular weight excluding hydrogens is 376 g/mol. The number of nitrogens with one attached hydrogen (secondary N) is 1. The van der Waals surface area contributed by atoms with Gasteiger partial charge in [0.15, 0.2) is 5.58 Å². The summed E-state index contributed by atoms with van der Waals surface area (Å²) in [5.41, 5.74) is 2.41. The van der Waals surface area contributed by atoms with E-state index in [2.05, 4.69) is 4.72 Å². The molecule has 0 radical (unpaired) electrons. The molecule has 1 heterocycles. The van der Waals surface area contributed by atoms with E-state index in [0.717, 1.165) is 11.1 Å². The van der Waals surface area contributed by atoms with Crippen molar-refractivity contribution in [2.75, 3.05) is 0 Å². The molecule has 3 aromatic carbocycles. The quantitative estimate of drug-likeness (QED) is 0.564. The number of oxazole rings is 1. The molecule has 0 amide bonds. The van der Waals surface area contributed by atoms with Gasteiger partial charge in [0, 0.05) is 13.1 Å². The molecule has 0 aliphatic heterocycles. The Labute approximate surface area is 162 Å². The van der Waals surface area contributed by atoms with E-state index >= 15 is 0 Å². The maximum Gasteiger partial charge on any atom is 0.419 e. The summed E-state index contributed by atoms with van der Waals surface area (Å²) in [5.74, 6) is -0.538. The van der Waals surface area contributed by atoms with Gasteiger partial charge in [0.1, 0.15) is 0 Å². The van der Waals surface area contributed by atoms with Crippen LogP contribution in [0.4, 0.5) is 0 Å². The topological polar surface area (TPSA) is 81.3 Å². The summed E-state index contributed by atoms with van der Waals surface area (Å²) < 4.78 is 35.4. The SMILES string of the molecule is Cn1c(=O)oc2cc(S(=O)(=O)NC(c3ccccc3)c3ccccc3)ccc21. The van der Waals surface area contributed by atoms with Gasteiger partial charge in [-0.3, -0.25) is 4.57 Å². The lowest BCUT2D eigenvalue weighted by Crippen LogP contribution is -2.29. The third-order valence-corrected chi connectivity index (χ3v) is 6.03. The fourth-order valence-electron chi connectivity index (χ4n) is 3.12. The third kappa shape index (κ3) is 3.37. The van der Waals surface area contributed by atoms with Crippen molar-refractivity contribution in [2.24, 2.45) is 7.05 Å². The van der Waals surface area contributed by atoms with Gasteiger partial charge < -0.3 is 4.42 Å². The minimum atomic E-state index is -3.87. The van der Waals surface area contributed by atoms with Crippen LogP contribution in [0.1, 0.15) is 17.2 Å². The molecule has 7 heteroatoms. The van der Waals surface area contributed by atoms with Gasteiger partial charge in [-0.15, -0.1) is 0 Å². The second-order valence-electron chi connectivity index (χ2n) is 6.43. The van der Waals surface area contributed by atoms with Crippen LogP contribution >= 0.6 is 0 Å². The van der Waals surface area contributed by atoms with Crippen molar-refractivity contribution in [3.05, 3.63) is 101 Å². The van der Waals surface area contributed by atoms with E-state index in [1.54, 1.807) is 13.1 Å². The standard InChI is InChI=1S/C21H18N2O4S/c1-23-18-13-12-17(14-19(18)27-21(23)24)28(25,26)22-20(15-8-4-2-5-9-15)16-10-6-3-7-11-16/h2-14,20,22H,1H3. The molecule has 6 nitrogen and oxygen atoms in total. The van der Waals surface area contributed by atoms with Crippen molar-refractivity contribution in [1.82, 2.24) is 9.29 Å². The number of aryl methyl sites for hydroxylation is 1. The summed E-state index contributed by atoms with van der Waals surface area (Å²) in [6.07, 6.45) is 0. The second kappa shape index (κ2) is 7.10. The fraction of sp³-hybridized carbons (Fsp3) is 0.0952. The van der Waals surface area contributed by atoms with Gasteiger partial charge in [0.05, 0.1) is 16.5 Å². The van der Waals surface area contributed by atoms with Crippen LogP contribution in [0, 0.1) is 0 Å². The highest BCUT2D eigenvalue weighted by molar-refractivity contribution is 7.89. The molecule has 0 atom stereocenters. The fourth-order valence-corrected chi connectivity index (χ4v) is 4.35. The van der Waals surface area contributed by atoms with Gasteiger partial charge in [-0.2, -0.15) is 4.72 Å². The van der Waals surface area contributed by atoms with Gasteiger partial charge in [0.25, 0.3) is 0 Å². The molecule has 1 aromatic heterocycles. The molecule has 142 valence electrons. The van der Waals surface area contributed by atoms with Crippen LogP contribution in [0.2, 0.25) is 0 Å². The summed E-state index contributed by atoms with van der Waals surface area (Å²) in [6, 6.07) is 22.6. The molecule has 0 bridgehead atoms. The average Bonchev–Trinajstić information content (AvgIpc) is 3.01. The van der Waals surface area contributed by atoms with Crippen LogP contribution in [-0.4, -0.2) is 13.0 Å². The first-order chi connectivity index (χ1) is 13.5. The number of sulfonamides is 1. The number of benzene rings is 3. The van der Waals surface area contributed by atoms with Gasteiger partial charge in [-0.05, 0) is 23.3 Å². The molecular formula is C21H18N2O4S. The third-order valence-electron chi connectivity index (χ3n) is 4.61. The van der Waals surface area contributed by atoms with Crippen LogP contribution in [0.3, 0.4) is 0 Å². The van der Waals surface area contributed by atoms with Crippen molar-refractivity contribution in [2.45, 2.75) is 10.9 Å². The Morgan fingerprint density at radius 3 is 2.04 bits per heavy atom. The van der Waals surface area contributed by atoms with Crippen LogP contribution in [0.25, 0.3) is 11.1 Å². The highest BCUT2D eigenvalue weighted by Crippen LogP contribution is 2.25. The molecule has 0 spiro atoms. The molecule has 0 unspecified atom stereocenters. The van der Waals surface area contributed by atoms with Gasteiger partial charge in [-0.25, -0.2) is 13.2 Å². The number of nitrogens with zero attached hydrogens (tertiary/aromatic N) is 1. The van der Waals surface area contributed by atoms with Crippen molar-refractivity contribution in [1.29, 1.82) is 0 Å². The monoisotopic (exact) mass is 394 g/mol. The van der Waals surface area contributed by atoms with E-state index in [0.29, 0.717) is 5.52 Å². The van der Waals surface area contributed by atoms with Crippen molar-refractivity contribution in [3.63, 3.8) is 0 Å². The summed E-state index contributed by atoms with van der Waals surface area (Å²) in [4.78, 5) is 11.7. The normalized spacial score (nSPS) is 11.9. The van der Waals surface area contributed by atoms with Gasteiger partial charge >= 0.3 is 5.76 Å². The first-order valence-corrected chi connectivity index (χ1v) is 10.2. The van der Waals surface area contributed by atoms with E-state index in [-0.39, 0.29) is 10.5 Å². The molecule has 1 N–H and O–H groups in total. The minimum Gasteiger partial charge on any atom is -0.408 e.